The third-order valence-corrected chi connectivity index (χ3v) is 3.51. The minimum Gasteiger partial charge on any atom is -0.309 e. The summed E-state index contributed by atoms with van der Waals surface area (Å²) in [6.45, 7) is 0.389. The first-order valence-electron chi connectivity index (χ1n) is 7.19. The van der Waals surface area contributed by atoms with Gasteiger partial charge in [-0.3, -0.25) is 9.48 Å². The number of halogens is 1. The Balaban J connectivity index is 1.75. The number of nitriles is 1. The van der Waals surface area contributed by atoms with Crippen molar-refractivity contribution in [3.63, 3.8) is 0 Å². The maximum atomic E-state index is 12.2. The van der Waals surface area contributed by atoms with Crippen LogP contribution in [0.5, 0.6) is 0 Å². The molecule has 3 rings (SSSR count). The number of carbonyl (C=O) groups is 1. The van der Waals surface area contributed by atoms with E-state index in [9.17, 15) is 10.1 Å². The number of carbonyl (C=O) groups excluding carboxylic acids is 1. The second kappa shape index (κ2) is 6.98. The number of nitrogens with zero attached hydrogens (tertiary/aromatic N) is 5. The molecule has 24 heavy (non-hydrogen) atoms. The van der Waals surface area contributed by atoms with Gasteiger partial charge in [0, 0.05) is 19.2 Å². The van der Waals surface area contributed by atoms with Gasteiger partial charge in [0.05, 0.1) is 23.1 Å². The van der Waals surface area contributed by atoms with Crippen molar-refractivity contribution in [1.82, 2.24) is 19.6 Å². The van der Waals surface area contributed by atoms with E-state index < -0.39 is 0 Å². The lowest BCUT2D eigenvalue weighted by Gasteiger charge is -2.09. The lowest BCUT2D eigenvalue weighted by atomic mass is 10.3. The van der Waals surface area contributed by atoms with E-state index in [1.54, 1.807) is 10.9 Å². The first-order valence-corrected chi connectivity index (χ1v) is 7.56. The fourth-order valence-electron chi connectivity index (χ4n) is 2.19. The molecule has 1 N–H and O–H groups in total. The van der Waals surface area contributed by atoms with E-state index in [1.165, 1.54) is 17.1 Å². The average Bonchev–Trinajstić information content (AvgIpc) is 3.20. The van der Waals surface area contributed by atoms with Crippen LogP contribution in [0.15, 0.2) is 48.9 Å². The van der Waals surface area contributed by atoms with Gasteiger partial charge in [-0.15, -0.1) is 0 Å². The highest BCUT2D eigenvalue weighted by atomic mass is 35.5. The number of hydrogen-bond donors (Lipinski definition) is 1. The third kappa shape index (κ3) is 3.45. The number of aryl methyl sites for hydroxylation is 1. The van der Waals surface area contributed by atoms with Crippen LogP contribution in [0.3, 0.4) is 0 Å². The van der Waals surface area contributed by atoms with Crippen molar-refractivity contribution >= 4 is 23.3 Å². The van der Waals surface area contributed by atoms with E-state index >= 15 is 0 Å². The van der Waals surface area contributed by atoms with Crippen molar-refractivity contribution in [1.29, 1.82) is 5.26 Å². The van der Waals surface area contributed by atoms with Crippen LogP contribution in [0.1, 0.15) is 12.0 Å². The SMILES string of the molecule is N#Cc1cnn(-c2ccccc2)c1NC(=O)CCn1cc(Cl)cn1. The van der Waals surface area contributed by atoms with Crippen molar-refractivity contribution in [3.05, 3.63) is 59.5 Å². The van der Waals surface area contributed by atoms with Crippen molar-refractivity contribution in [2.75, 3.05) is 5.32 Å². The van der Waals surface area contributed by atoms with Crippen molar-refractivity contribution < 1.29 is 4.79 Å². The smallest absolute Gasteiger partial charge is 0.227 e. The van der Waals surface area contributed by atoms with Gasteiger partial charge in [-0.2, -0.15) is 15.5 Å². The van der Waals surface area contributed by atoms with Crippen molar-refractivity contribution in [2.45, 2.75) is 13.0 Å². The molecule has 120 valence electrons. The summed E-state index contributed by atoms with van der Waals surface area (Å²) in [5, 5.41) is 20.7. The van der Waals surface area contributed by atoms with E-state index in [0.717, 1.165) is 5.69 Å². The molecule has 0 fully saturated rings. The summed E-state index contributed by atoms with van der Waals surface area (Å²) >= 11 is 5.79. The van der Waals surface area contributed by atoms with Crippen LogP contribution in [0.2, 0.25) is 5.02 Å². The number of nitrogens with one attached hydrogen (secondary N) is 1. The molecular weight excluding hydrogens is 328 g/mol. The Kier molecular flexibility index (Phi) is 4.59. The normalized spacial score (nSPS) is 10.3. The molecule has 7 nitrogen and oxygen atoms in total. The molecule has 0 unspecified atom stereocenters. The summed E-state index contributed by atoms with van der Waals surface area (Å²) in [6, 6.07) is 11.3. The highest BCUT2D eigenvalue weighted by Crippen LogP contribution is 2.19. The summed E-state index contributed by atoms with van der Waals surface area (Å²) in [5.41, 5.74) is 1.06. The number of hydrogen-bond acceptors (Lipinski definition) is 4. The minimum atomic E-state index is -0.240. The molecule has 0 atom stereocenters. The molecule has 2 heterocycles. The van der Waals surface area contributed by atoms with Crippen LogP contribution >= 0.6 is 11.6 Å². The molecule has 0 aliphatic rings. The molecule has 0 aliphatic carbocycles. The van der Waals surface area contributed by atoms with Gasteiger partial charge < -0.3 is 5.32 Å². The summed E-state index contributed by atoms with van der Waals surface area (Å²) in [5.74, 6) is 0.114. The minimum absolute atomic E-state index is 0.197. The Hall–Kier alpha value is -3.11. The number of para-hydroxylation sites is 1. The van der Waals surface area contributed by atoms with E-state index in [2.05, 4.69) is 15.5 Å². The summed E-state index contributed by atoms with van der Waals surface area (Å²) in [6.07, 6.45) is 4.78. The number of aromatic nitrogens is 4. The lowest BCUT2D eigenvalue weighted by Crippen LogP contribution is -2.17. The van der Waals surface area contributed by atoms with Gasteiger partial charge in [0.1, 0.15) is 11.6 Å². The average molecular weight is 341 g/mol. The molecule has 0 radical (unpaired) electrons. The van der Waals surface area contributed by atoms with Crippen LogP contribution in [0.25, 0.3) is 5.69 Å². The number of rotatable bonds is 5. The zero-order valence-corrected chi connectivity index (χ0v) is 13.3. The summed E-state index contributed by atoms with van der Waals surface area (Å²) in [4.78, 5) is 12.2. The number of amides is 1. The predicted octanol–water partition coefficient (Wildman–Crippen LogP) is 2.62. The summed E-state index contributed by atoms with van der Waals surface area (Å²) < 4.78 is 3.11. The Morgan fingerprint density at radius 1 is 1.25 bits per heavy atom. The van der Waals surface area contributed by atoms with Crippen LogP contribution in [-0.2, 0) is 11.3 Å². The van der Waals surface area contributed by atoms with Gasteiger partial charge in [0.25, 0.3) is 0 Å². The Labute approximate surface area is 143 Å². The standard InChI is InChI=1S/C16H13ClN6O/c17-13-10-19-22(11-13)7-6-15(24)21-16-12(8-18)9-20-23(16)14-4-2-1-3-5-14/h1-5,9-11H,6-7H2,(H,21,24). The van der Waals surface area contributed by atoms with Crippen molar-refractivity contribution in [3.8, 4) is 11.8 Å². The molecule has 0 bridgehead atoms. The largest absolute Gasteiger partial charge is 0.309 e. The van der Waals surface area contributed by atoms with Crippen LogP contribution in [-0.4, -0.2) is 25.5 Å². The quantitative estimate of drug-likeness (QED) is 0.773. The fourth-order valence-corrected chi connectivity index (χ4v) is 2.34. The number of anilines is 1. The van der Waals surface area contributed by atoms with E-state index in [-0.39, 0.29) is 12.3 Å². The Morgan fingerprint density at radius 3 is 2.71 bits per heavy atom. The fraction of sp³-hybridized carbons (Fsp3) is 0.125. The third-order valence-electron chi connectivity index (χ3n) is 3.32. The topological polar surface area (TPSA) is 88.5 Å². The summed E-state index contributed by atoms with van der Waals surface area (Å²) in [7, 11) is 0. The second-order valence-electron chi connectivity index (χ2n) is 4.99. The van der Waals surface area contributed by atoms with Crippen molar-refractivity contribution in [2.24, 2.45) is 0 Å². The molecule has 2 aromatic heterocycles. The molecule has 1 aromatic carbocycles. The molecule has 0 saturated carbocycles. The van der Waals surface area contributed by atoms with Gasteiger partial charge in [-0.1, -0.05) is 29.8 Å². The lowest BCUT2D eigenvalue weighted by molar-refractivity contribution is -0.116. The van der Waals surface area contributed by atoms with E-state index in [4.69, 9.17) is 11.6 Å². The zero-order chi connectivity index (χ0) is 16.9. The predicted molar refractivity (Wildman–Crippen MR) is 88.8 cm³/mol. The van der Waals surface area contributed by atoms with E-state index in [0.29, 0.717) is 22.9 Å². The van der Waals surface area contributed by atoms with Crippen LogP contribution in [0.4, 0.5) is 5.82 Å². The maximum Gasteiger partial charge on any atom is 0.227 e. The molecule has 0 aliphatic heterocycles. The first-order chi connectivity index (χ1) is 11.7. The second-order valence-corrected chi connectivity index (χ2v) is 5.42. The Morgan fingerprint density at radius 2 is 2.04 bits per heavy atom. The highest BCUT2D eigenvalue weighted by molar-refractivity contribution is 6.30. The van der Waals surface area contributed by atoms with Gasteiger partial charge in [0.2, 0.25) is 5.91 Å². The van der Waals surface area contributed by atoms with E-state index in [1.807, 2.05) is 36.4 Å². The molecule has 0 spiro atoms. The molecular formula is C16H13ClN6O. The maximum absolute atomic E-state index is 12.2. The van der Waals surface area contributed by atoms with Crippen LogP contribution < -0.4 is 5.32 Å². The highest BCUT2D eigenvalue weighted by Gasteiger charge is 2.15. The monoisotopic (exact) mass is 340 g/mol. The molecule has 1 amide bonds. The Bertz CT molecular complexity index is 893. The first kappa shape index (κ1) is 15.8. The molecule has 0 saturated heterocycles. The van der Waals surface area contributed by atoms with Crippen LogP contribution in [0, 0.1) is 11.3 Å². The molecule has 8 heteroatoms. The zero-order valence-electron chi connectivity index (χ0n) is 12.6. The van der Waals surface area contributed by atoms with Gasteiger partial charge in [0.15, 0.2) is 5.82 Å². The van der Waals surface area contributed by atoms with Gasteiger partial charge in [-0.25, -0.2) is 4.68 Å². The van der Waals surface area contributed by atoms with Gasteiger partial charge in [-0.05, 0) is 12.1 Å². The van der Waals surface area contributed by atoms with Gasteiger partial charge >= 0.3 is 0 Å². The number of benzene rings is 1. The molecule has 3 aromatic rings.